The number of allylic oxidation sites excluding steroid dienone is 1. The third kappa shape index (κ3) is 3.35. The van der Waals surface area contributed by atoms with E-state index in [0.717, 1.165) is 24.3 Å². The summed E-state index contributed by atoms with van der Waals surface area (Å²) in [6.45, 7) is 0. The first-order chi connectivity index (χ1) is 10.4. The fraction of sp³-hybridized carbons (Fsp3) is 0. The van der Waals surface area contributed by atoms with E-state index in [1.54, 1.807) is 0 Å². The summed E-state index contributed by atoms with van der Waals surface area (Å²) in [4.78, 5) is 22.0. The summed E-state index contributed by atoms with van der Waals surface area (Å²) in [5.41, 5.74) is -0.487. The maximum atomic E-state index is 13.4. The molecule has 2 aromatic rings. The van der Waals surface area contributed by atoms with Crippen LogP contribution in [0.1, 0.15) is 15.9 Å². The van der Waals surface area contributed by atoms with Crippen LogP contribution in [0.3, 0.4) is 0 Å². The monoisotopic (exact) mass is 323 g/mol. The van der Waals surface area contributed by atoms with Crippen LogP contribution in [0.2, 0.25) is 5.02 Å². The van der Waals surface area contributed by atoms with Gasteiger partial charge in [0.2, 0.25) is 0 Å². The number of hydrogen-bond acceptors (Lipinski definition) is 3. The van der Waals surface area contributed by atoms with Crippen molar-refractivity contribution in [2.75, 3.05) is 0 Å². The molecule has 0 saturated carbocycles. The number of carbonyl (C=O) groups excluding carboxylic acids is 1. The zero-order valence-corrected chi connectivity index (χ0v) is 11.7. The van der Waals surface area contributed by atoms with Gasteiger partial charge in [-0.3, -0.25) is 14.9 Å². The molecule has 0 amide bonds. The smallest absolute Gasteiger partial charge is 0.288 e. The molecule has 0 aliphatic heterocycles. The normalized spacial score (nSPS) is 10.9. The highest BCUT2D eigenvalue weighted by Crippen LogP contribution is 2.25. The number of halogens is 3. The predicted molar refractivity (Wildman–Crippen MR) is 77.8 cm³/mol. The first kappa shape index (κ1) is 15.8. The van der Waals surface area contributed by atoms with E-state index in [1.165, 1.54) is 24.3 Å². The van der Waals surface area contributed by atoms with E-state index < -0.39 is 28.0 Å². The molecular weight excluding hydrogens is 316 g/mol. The zero-order valence-electron chi connectivity index (χ0n) is 10.9. The van der Waals surface area contributed by atoms with Crippen LogP contribution in [-0.4, -0.2) is 10.7 Å². The molecule has 0 aliphatic carbocycles. The van der Waals surface area contributed by atoms with Crippen LogP contribution >= 0.6 is 11.6 Å². The molecule has 22 heavy (non-hydrogen) atoms. The van der Waals surface area contributed by atoms with E-state index in [-0.39, 0.29) is 16.1 Å². The van der Waals surface area contributed by atoms with E-state index in [1.807, 2.05) is 0 Å². The molecule has 0 aliphatic rings. The molecule has 0 radical (unpaired) electrons. The summed E-state index contributed by atoms with van der Waals surface area (Å²) < 4.78 is 26.5. The van der Waals surface area contributed by atoms with Crippen molar-refractivity contribution in [3.05, 3.63) is 80.4 Å². The standard InChI is InChI=1S/C15H8ClF2NO3/c16-11-6-4-10(8-13(11)19(21)22)14(20)7-5-9-2-1-3-12(17)15(9)18/h1-8H. The molecule has 2 rings (SSSR count). The van der Waals surface area contributed by atoms with Gasteiger partial charge in [0.25, 0.3) is 5.69 Å². The minimum absolute atomic E-state index is 0.0177. The van der Waals surface area contributed by atoms with Crippen LogP contribution in [-0.2, 0) is 0 Å². The number of benzene rings is 2. The lowest BCUT2D eigenvalue weighted by atomic mass is 10.1. The average Bonchev–Trinajstić information content (AvgIpc) is 2.48. The lowest BCUT2D eigenvalue weighted by Crippen LogP contribution is -1.97. The van der Waals surface area contributed by atoms with Gasteiger partial charge in [0, 0.05) is 17.2 Å². The molecule has 0 N–H and O–H groups in total. The number of hydrogen-bond donors (Lipinski definition) is 0. The van der Waals surface area contributed by atoms with Crippen molar-refractivity contribution in [1.29, 1.82) is 0 Å². The third-order valence-corrected chi connectivity index (χ3v) is 3.14. The first-order valence-corrected chi connectivity index (χ1v) is 6.38. The van der Waals surface area contributed by atoms with Gasteiger partial charge in [-0.2, -0.15) is 0 Å². The predicted octanol–water partition coefficient (Wildman–Crippen LogP) is 4.42. The summed E-state index contributed by atoms with van der Waals surface area (Å²) in [7, 11) is 0. The quantitative estimate of drug-likeness (QED) is 0.362. The van der Waals surface area contributed by atoms with E-state index >= 15 is 0 Å². The molecule has 0 saturated heterocycles. The highest BCUT2D eigenvalue weighted by molar-refractivity contribution is 6.32. The number of nitrogens with zero attached hydrogens (tertiary/aromatic N) is 1. The minimum Gasteiger partial charge on any atom is -0.289 e. The summed E-state index contributed by atoms with van der Waals surface area (Å²) >= 11 is 5.64. The van der Waals surface area contributed by atoms with Crippen molar-refractivity contribution < 1.29 is 18.5 Å². The van der Waals surface area contributed by atoms with Gasteiger partial charge in [0.1, 0.15) is 5.02 Å². The second kappa shape index (κ2) is 6.44. The van der Waals surface area contributed by atoms with Crippen molar-refractivity contribution in [2.45, 2.75) is 0 Å². The Morgan fingerprint density at radius 3 is 2.64 bits per heavy atom. The fourth-order valence-corrected chi connectivity index (χ4v) is 1.90. The van der Waals surface area contributed by atoms with Gasteiger partial charge in [0.05, 0.1) is 4.92 Å². The zero-order chi connectivity index (χ0) is 16.3. The van der Waals surface area contributed by atoms with Crippen LogP contribution in [0.4, 0.5) is 14.5 Å². The first-order valence-electron chi connectivity index (χ1n) is 6.00. The van der Waals surface area contributed by atoms with Gasteiger partial charge in [0.15, 0.2) is 17.4 Å². The number of ketones is 1. The van der Waals surface area contributed by atoms with Gasteiger partial charge >= 0.3 is 0 Å². The molecule has 0 unspecified atom stereocenters. The number of nitro groups is 1. The number of carbonyl (C=O) groups is 1. The molecule has 0 fully saturated rings. The van der Waals surface area contributed by atoms with E-state index in [2.05, 4.69) is 0 Å². The highest BCUT2D eigenvalue weighted by atomic mass is 35.5. The Balaban J connectivity index is 2.29. The minimum atomic E-state index is -1.08. The number of rotatable bonds is 4. The summed E-state index contributed by atoms with van der Waals surface area (Å²) in [6.07, 6.45) is 2.10. The second-order valence-electron chi connectivity index (χ2n) is 4.26. The van der Waals surface area contributed by atoms with Gasteiger partial charge < -0.3 is 0 Å². The molecule has 4 nitrogen and oxygen atoms in total. The molecule has 2 aromatic carbocycles. The molecule has 0 spiro atoms. The Hall–Kier alpha value is -2.60. The molecular formula is C15H8ClF2NO3. The SMILES string of the molecule is O=C(C=Cc1cccc(F)c1F)c1ccc(Cl)c([N+](=O)[O-])c1. The Morgan fingerprint density at radius 2 is 1.95 bits per heavy atom. The number of nitro benzene ring substituents is 1. The van der Waals surface area contributed by atoms with Gasteiger partial charge in [-0.15, -0.1) is 0 Å². The largest absolute Gasteiger partial charge is 0.289 e. The van der Waals surface area contributed by atoms with Crippen molar-refractivity contribution >= 4 is 29.1 Å². The summed E-state index contributed by atoms with van der Waals surface area (Å²) in [5, 5.41) is 10.7. The second-order valence-corrected chi connectivity index (χ2v) is 4.67. The van der Waals surface area contributed by atoms with Crippen LogP contribution in [0.15, 0.2) is 42.5 Å². The van der Waals surface area contributed by atoms with E-state index in [0.29, 0.717) is 0 Å². The van der Waals surface area contributed by atoms with Gasteiger partial charge in [-0.05, 0) is 30.4 Å². The van der Waals surface area contributed by atoms with Crippen molar-refractivity contribution in [2.24, 2.45) is 0 Å². The lowest BCUT2D eigenvalue weighted by Gasteiger charge is -2.00. The Labute approximate surface area is 128 Å². The van der Waals surface area contributed by atoms with Gasteiger partial charge in [-0.1, -0.05) is 23.7 Å². The highest BCUT2D eigenvalue weighted by Gasteiger charge is 2.15. The Morgan fingerprint density at radius 1 is 1.23 bits per heavy atom. The molecule has 0 heterocycles. The maximum absolute atomic E-state index is 13.4. The van der Waals surface area contributed by atoms with Crippen LogP contribution in [0.25, 0.3) is 6.08 Å². The maximum Gasteiger partial charge on any atom is 0.288 e. The fourth-order valence-electron chi connectivity index (χ4n) is 1.72. The summed E-state index contributed by atoms with van der Waals surface area (Å²) in [6, 6.07) is 7.11. The van der Waals surface area contributed by atoms with E-state index in [9.17, 15) is 23.7 Å². The van der Waals surface area contributed by atoms with Crippen LogP contribution < -0.4 is 0 Å². The van der Waals surface area contributed by atoms with Crippen LogP contribution in [0.5, 0.6) is 0 Å². The van der Waals surface area contributed by atoms with Crippen molar-refractivity contribution in [1.82, 2.24) is 0 Å². The summed E-state index contributed by atoms with van der Waals surface area (Å²) in [5.74, 6) is -2.70. The topological polar surface area (TPSA) is 60.2 Å². The Kier molecular flexibility index (Phi) is 4.62. The van der Waals surface area contributed by atoms with Crippen molar-refractivity contribution in [3.8, 4) is 0 Å². The Bertz CT molecular complexity index is 790. The molecule has 7 heteroatoms. The van der Waals surface area contributed by atoms with Crippen molar-refractivity contribution in [3.63, 3.8) is 0 Å². The average molecular weight is 324 g/mol. The van der Waals surface area contributed by atoms with Crippen LogP contribution in [0, 0.1) is 21.7 Å². The van der Waals surface area contributed by atoms with E-state index in [4.69, 9.17) is 11.6 Å². The molecule has 0 bridgehead atoms. The lowest BCUT2D eigenvalue weighted by molar-refractivity contribution is -0.384. The molecule has 112 valence electrons. The van der Waals surface area contributed by atoms with Gasteiger partial charge in [-0.25, -0.2) is 8.78 Å². The molecule has 0 atom stereocenters. The molecule has 0 aromatic heterocycles. The third-order valence-electron chi connectivity index (χ3n) is 2.82.